The van der Waals surface area contributed by atoms with Gasteiger partial charge in [0.25, 0.3) is 0 Å². The monoisotopic (exact) mass is 175 g/mol. The van der Waals surface area contributed by atoms with Crippen LogP contribution in [-0.4, -0.2) is 30.5 Å². The Balaban J connectivity index is 3.13. The molecule has 1 amide bonds. The molecule has 4 heteroatoms. The first-order valence-corrected chi connectivity index (χ1v) is 4.25. The molecule has 0 aliphatic heterocycles. The van der Waals surface area contributed by atoms with Gasteiger partial charge in [0.15, 0.2) is 0 Å². The molecule has 0 rings (SSSR count). The second kappa shape index (κ2) is 6.91. The van der Waals surface area contributed by atoms with Gasteiger partial charge in [-0.3, -0.25) is 0 Å². The van der Waals surface area contributed by atoms with E-state index >= 15 is 0 Å². The van der Waals surface area contributed by atoms with Crippen molar-refractivity contribution >= 4 is 6.09 Å². The maximum Gasteiger partial charge on any atom is 0.404 e. The topological polar surface area (TPSA) is 58.6 Å². The number of nitrogens with one attached hydrogen (secondary N) is 1. The smallest absolute Gasteiger partial charge is 0.404 e. The summed E-state index contributed by atoms with van der Waals surface area (Å²) in [5, 5.41) is 10.5. The van der Waals surface area contributed by atoms with Crippen molar-refractivity contribution in [3.8, 4) is 0 Å². The Morgan fingerprint density at radius 1 is 1.67 bits per heavy atom. The summed E-state index contributed by atoms with van der Waals surface area (Å²) < 4.78 is 5.31. The Morgan fingerprint density at radius 3 is 2.83 bits per heavy atom. The number of carboxylic acid groups (broad SMARTS) is 1. The number of amides is 1. The van der Waals surface area contributed by atoms with Crippen LogP contribution < -0.4 is 5.32 Å². The van der Waals surface area contributed by atoms with Crippen molar-refractivity contribution in [3.63, 3.8) is 0 Å². The molecule has 0 bridgehead atoms. The molecule has 0 aromatic rings. The van der Waals surface area contributed by atoms with Crippen molar-refractivity contribution in [2.75, 3.05) is 13.2 Å². The lowest BCUT2D eigenvalue weighted by molar-refractivity contribution is 0.0616. The van der Waals surface area contributed by atoms with Gasteiger partial charge in [0, 0.05) is 6.54 Å². The van der Waals surface area contributed by atoms with Crippen molar-refractivity contribution in [1.82, 2.24) is 5.32 Å². The van der Waals surface area contributed by atoms with E-state index < -0.39 is 6.09 Å². The molecule has 0 aliphatic carbocycles. The minimum Gasteiger partial charge on any atom is -0.465 e. The molecule has 0 aromatic carbocycles. The van der Waals surface area contributed by atoms with Crippen LogP contribution in [0.25, 0.3) is 0 Å². The van der Waals surface area contributed by atoms with Gasteiger partial charge in [-0.05, 0) is 13.3 Å². The molecular weight excluding hydrogens is 158 g/mol. The first-order valence-electron chi connectivity index (χ1n) is 4.25. The summed E-state index contributed by atoms with van der Waals surface area (Å²) in [5.41, 5.74) is 0. The van der Waals surface area contributed by atoms with Gasteiger partial charge in [0.1, 0.15) is 0 Å². The van der Waals surface area contributed by atoms with Crippen molar-refractivity contribution < 1.29 is 14.6 Å². The summed E-state index contributed by atoms with van der Waals surface area (Å²) in [7, 11) is 0. The second-order valence-electron chi connectivity index (χ2n) is 2.70. The standard InChI is InChI=1S/C8H17NO3/c1-3-4-7(2)12-6-5-9-8(10)11/h7,9H,3-6H2,1-2H3,(H,10,11). The van der Waals surface area contributed by atoms with Crippen LogP contribution >= 0.6 is 0 Å². The molecule has 4 nitrogen and oxygen atoms in total. The average molecular weight is 175 g/mol. The number of hydrogen-bond donors (Lipinski definition) is 2. The number of rotatable bonds is 6. The Hall–Kier alpha value is -0.770. The molecule has 0 saturated carbocycles. The highest BCUT2D eigenvalue weighted by molar-refractivity contribution is 5.64. The molecule has 0 radical (unpaired) electrons. The minimum absolute atomic E-state index is 0.227. The van der Waals surface area contributed by atoms with Gasteiger partial charge in [-0.15, -0.1) is 0 Å². The van der Waals surface area contributed by atoms with Gasteiger partial charge in [-0.2, -0.15) is 0 Å². The van der Waals surface area contributed by atoms with E-state index in [1.807, 2.05) is 6.92 Å². The van der Waals surface area contributed by atoms with Gasteiger partial charge in [0.2, 0.25) is 0 Å². The number of hydrogen-bond acceptors (Lipinski definition) is 2. The first-order chi connectivity index (χ1) is 5.66. The summed E-state index contributed by atoms with van der Waals surface area (Å²) >= 11 is 0. The van der Waals surface area contributed by atoms with E-state index in [9.17, 15) is 4.79 Å². The van der Waals surface area contributed by atoms with Crippen LogP contribution in [-0.2, 0) is 4.74 Å². The average Bonchev–Trinajstić information content (AvgIpc) is 1.98. The highest BCUT2D eigenvalue weighted by atomic mass is 16.5. The summed E-state index contributed by atoms with van der Waals surface area (Å²) in [6.45, 7) is 4.90. The van der Waals surface area contributed by atoms with E-state index in [4.69, 9.17) is 9.84 Å². The SMILES string of the molecule is CCCC(C)OCCNC(=O)O. The molecule has 0 heterocycles. The summed E-state index contributed by atoms with van der Waals surface area (Å²) in [6, 6.07) is 0. The normalized spacial score (nSPS) is 12.5. The molecular formula is C8H17NO3. The summed E-state index contributed by atoms with van der Waals surface area (Å²) in [5.74, 6) is 0. The Kier molecular flexibility index (Phi) is 6.47. The predicted octanol–water partition coefficient (Wildman–Crippen LogP) is 1.46. The largest absolute Gasteiger partial charge is 0.465 e. The van der Waals surface area contributed by atoms with Crippen LogP contribution in [0.5, 0.6) is 0 Å². The fourth-order valence-corrected chi connectivity index (χ4v) is 0.908. The van der Waals surface area contributed by atoms with Crippen molar-refractivity contribution in [3.05, 3.63) is 0 Å². The van der Waals surface area contributed by atoms with Crippen LogP contribution in [0.3, 0.4) is 0 Å². The van der Waals surface area contributed by atoms with Crippen molar-refractivity contribution in [2.45, 2.75) is 32.8 Å². The van der Waals surface area contributed by atoms with E-state index in [1.165, 1.54) is 0 Å². The fourth-order valence-electron chi connectivity index (χ4n) is 0.908. The van der Waals surface area contributed by atoms with Gasteiger partial charge in [-0.25, -0.2) is 4.79 Å². The quantitative estimate of drug-likeness (QED) is 0.601. The van der Waals surface area contributed by atoms with Gasteiger partial charge in [0.05, 0.1) is 12.7 Å². The van der Waals surface area contributed by atoms with Gasteiger partial charge < -0.3 is 15.2 Å². The van der Waals surface area contributed by atoms with Gasteiger partial charge in [-0.1, -0.05) is 13.3 Å². The van der Waals surface area contributed by atoms with Crippen LogP contribution in [0.4, 0.5) is 4.79 Å². The Bertz CT molecular complexity index is 127. The van der Waals surface area contributed by atoms with E-state index in [2.05, 4.69) is 12.2 Å². The maximum absolute atomic E-state index is 10.0. The van der Waals surface area contributed by atoms with E-state index in [0.29, 0.717) is 13.2 Å². The van der Waals surface area contributed by atoms with E-state index in [0.717, 1.165) is 12.8 Å². The molecule has 2 N–H and O–H groups in total. The third-order valence-electron chi connectivity index (χ3n) is 1.48. The lowest BCUT2D eigenvalue weighted by Gasteiger charge is -2.11. The lowest BCUT2D eigenvalue weighted by Crippen LogP contribution is -2.26. The van der Waals surface area contributed by atoms with Crippen LogP contribution in [0.15, 0.2) is 0 Å². The maximum atomic E-state index is 10.0. The van der Waals surface area contributed by atoms with Crippen LogP contribution in [0, 0.1) is 0 Å². The second-order valence-corrected chi connectivity index (χ2v) is 2.70. The highest BCUT2D eigenvalue weighted by Crippen LogP contribution is 1.99. The third kappa shape index (κ3) is 7.34. The van der Waals surface area contributed by atoms with Crippen molar-refractivity contribution in [2.24, 2.45) is 0 Å². The Morgan fingerprint density at radius 2 is 2.33 bits per heavy atom. The molecule has 72 valence electrons. The zero-order chi connectivity index (χ0) is 9.40. The molecule has 0 fully saturated rings. The molecule has 0 saturated heterocycles. The molecule has 12 heavy (non-hydrogen) atoms. The molecule has 1 unspecified atom stereocenters. The Labute approximate surface area is 72.9 Å². The number of ether oxygens (including phenoxy) is 1. The zero-order valence-electron chi connectivity index (χ0n) is 7.67. The van der Waals surface area contributed by atoms with Crippen molar-refractivity contribution in [1.29, 1.82) is 0 Å². The lowest BCUT2D eigenvalue weighted by atomic mass is 10.2. The fraction of sp³-hybridized carbons (Fsp3) is 0.875. The first kappa shape index (κ1) is 11.2. The van der Waals surface area contributed by atoms with Crippen LogP contribution in [0.2, 0.25) is 0 Å². The van der Waals surface area contributed by atoms with Crippen LogP contribution in [0.1, 0.15) is 26.7 Å². The predicted molar refractivity (Wildman–Crippen MR) is 46.3 cm³/mol. The number of carbonyl (C=O) groups is 1. The molecule has 0 aliphatic rings. The summed E-state index contributed by atoms with van der Waals surface area (Å²) in [4.78, 5) is 10.0. The molecule has 1 atom stereocenters. The van der Waals surface area contributed by atoms with E-state index in [1.54, 1.807) is 0 Å². The minimum atomic E-state index is -0.998. The third-order valence-corrected chi connectivity index (χ3v) is 1.48. The van der Waals surface area contributed by atoms with E-state index in [-0.39, 0.29) is 6.10 Å². The molecule has 0 spiro atoms. The highest BCUT2D eigenvalue weighted by Gasteiger charge is 1.99. The summed E-state index contributed by atoms with van der Waals surface area (Å²) in [6.07, 6.45) is 1.34. The van der Waals surface area contributed by atoms with Gasteiger partial charge >= 0.3 is 6.09 Å². The zero-order valence-corrected chi connectivity index (χ0v) is 7.67. The molecule has 0 aromatic heterocycles.